The van der Waals surface area contributed by atoms with Gasteiger partial charge < -0.3 is 5.32 Å². The minimum Gasteiger partial charge on any atom is -0.314 e. The van der Waals surface area contributed by atoms with Crippen LogP contribution in [0.2, 0.25) is 0 Å². The summed E-state index contributed by atoms with van der Waals surface area (Å²) in [6, 6.07) is 3.65. The van der Waals surface area contributed by atoms with Crippen LogP contribution in [-0.4, -0.2) is 12.6 Å². The zero-order valence-electron chi connectivity index (χ0n) is 11.3. The standard InChI is InChI=1S/C15H21F2N/c1-10-7-11(2)14(12(3)8-10)15(16,17)9-13-5-4-6-18-13/h7-8,13,18H,4-6,9H2,1-3H3. The van der Waals surface area contributed by atoms with Gasteiger partial charge >= 0.3 is 0 Å². The number of halogens is 2. The van der Waals surface area contributed by atoms with Gasteiger partial charge in [0, 0.05) is 18.0 Å². The summed E-state index contributed by atoms with van der Waals surface area (Å²) in [6.07, 6.45) is 1.78. The number of aryl methyl sites for hydroxylation is 3. The second-order valence-electron chi connectivity index (χ2n) is 5.48. The molecule has 0 aromatic heterocycles. The highest BCUT2D eigenvalue weighted by molar-refractivity contribution is 5.40. The molecular formula is C15H21F2N. The lowest BCUT2D eigenvalue weighted by atomic mass is 9.91. The van der Waals surface area contributed by atoms with Gasteiger partial charge in [-0.05, 0) is 51.3 Å². The summed E-state index contributed by atoms with van der Waals surface area (Å²) in [6.45, 7) is 6.38. The molecule has 1 nitrogen and oxygen atoms in total. The Morgan fingerprint density at radius 1 is 1.22 bits per heavy atom. The van der Waals surface area contributed by atoms with Gasteiger partial charge in [0.1, 0.15) is 0 Å². The summed E-state index contributed by atoms with van der Waals surface area (Å²) in [5.74, 6) is -2.73. The van der Waals surface area contributed by atoms with E-state index in [1.165, 1.54) is 0 Å². The molecule has 0 aliphatic carbocycles. The van der Waals surface area contributed by atoms with Crippen LogP contribution in [0.15, 0.2) is 12.1 Å². The first-order valence-corrected chi connectivity index (χ1v) is 6.59. The third-order valence-electron chi connectivity index (χ3n) is 3.71. The Hall–Kier alpha value is -0.960. The molecule has 1 aliphatic heterocycles. The smallest absolute Gasteiger partial charge is 0.275 e. The molecule has 0 bridgehead atoms. The fourth-order valence-corrected chi connectivity index (χ4v) is 3.10. The molecule has 1 unspecified atom stereocenters. The van der Waals surface area contributed by atoms with E-state index in [1.54, 1.807) is 13.8 Å². The van der Waals surface area contributed by atoms with Gasteiger partial charge in [0.05, 0.1) is 0 Å². The van der Waals surface area contributed by atoms with Gasteiger partial charge in [-0.15, -0.1) is 0 Å². The molecule has 1 aliphatic rings. The maximum absolute atomic E-state index is 14.4. The molecule has 0 saturated carbocycles. The third kappa shape index (κ3) is 2.72. The molecule has 0 amide bonds. The van der Waals surface area contributed by atoms with Crippen molar-refractivity contribution in [1.82, 2.24) is 5.32 Å². The van der Waals surface area contributed by atoms with E-state index < -0.39 is 5.92 Å². The SMILES string of the molecule is Cc1cc(C)c(C(F)(F)CC2CCCN2)c(C)c1. The number of hydrogen-bond acceptors (Lipinski definition) is 1. The third-order valence-corrected chi connectivity index (χ3v) is 3.71. The lowest BCUT2D eigenvalue weighted by Gasteiger charge is -2.24. The Morgan fingerprint density at radius 2 is 1.83 bits per heavy atom. The van der Waals surface area contributed by atoms with Crippen LogP contribution in [0.5, 0.6) is 0 Å². The fourth-order valence-electron chi connectivity index (χ4n) is 3.10. The molecule has 0 radical (unpaired) electrons. The van der Waals surface area contributed by atoms with Crippen molar-refractivity contribution in [2.24, 2.45) is 0 Å². The Labute approximate surface area is 108 Å². The van der Waals surface area contributed by atoms with Crippen molar-refractivity contribution in [1.29, 1.82) is 0 Å². The summed E-state index contributed by atoms with van der Waals surface area (Å²) < 4.78 is 28.8. The van der Waals surface area contributed by atoms with Gasteiger partial charge in [-0.25, -0.2) is 8.78 Å². The topological polar surface area (TPSA) is 12.0 Å². The van der Waals surface area contributed by atoms with Crippen molar-refractivity contribution in [2.75, 3.05) is 6.54 Å². The summed E-state index contributed by atoms with van der Waals surface area (Å²) in [5, 5.41) is 3.15. The maximum Gasteiger partial charge on any atom is 0.275 e. The quantitative estimate of drug-likeness (QED) is 0.863. The van der Waals surface area contributed by atoms with E-state index in [-0.39, 0.29) is 18.0 Å². The van der Waals surface area contributed by atoms with E-state index in [0.717, 1.165) is 24.9 Å². The minimum absolute atomic E-state index is 0.0416. The van der Waals surface area contributed by atoms with Crippen LogP contribution in [-0.2, 0) is 5.92 Å². The predicted molar refractivity (Wildman–Crippen MR) is 70.2 cm³/mol. The van der Waals surface area contributed by atoms with Crippen molar-refractivity contribution in [2.45, 2.75) is 52.0 Å². The van der Waals surface area contributed by atoms with Crippen molar-refractivity contribution < 1.29 is 8.78 Å². The Bertz CT molecular complexity index is 411. The molecular weight excluding hydrogens is 232 g/mol. The number of hydrogen-bond donors (Lipinski definition) is 1. The molecule has 100 valence electrons. The molecule has 1 N–H and O–H groups in total. The van der Waals surface area contributed by atoms with Crippen molar-refractivity contribution in [3.8, 4) is 0 Å². The molecule has 0 spiro atoms. The summed E-state index contributed by atoms with van der Waals surface area (Å²) in [7, 11) is 0. The normalized spacial score (nSPS) is 20.4. The van der Waals surface area contributed by atoms with Crippen LogP contribution >= 0.6 is 0 Å². The average molecular weight is 253 g/mol. The number of benzene rings is 1. The summed E-state index contributed by atoms with van der Waals surface area (Å²) >= 11 is 0. The first-order chi connectivity index (χ1) is 8.40. The zero-order valence-corrected chi connectivity index (χ0v) is 11.3. The molecule has 2 rings (SSSR count). The molecule has 3 heteroatoms. The average Bonchev–Trinajstić information content (AvgIpc) is 2.66. The second-order valence-corrected chi connectivity index (χ2v) is 5.48. The van der Waals surface area contributed by atoms with Crippen LogP contribution in [0.4, 0.5) is 8.78 Å². The van der Waals surface area contributed by atoms with Crippen LogP contribution in [0.3, 0.4) is 0 Å². The second kappa shape index (κ2) is 4.96. The summed E-state index contributed by atoms with van der Waals surface area (Å²) in [5.41, 5.74) is 2.68. The van der Waals surface area contributed by atoms with Crippen LogP contribution in [0.25, 0.3) is 0 Å². The molecule has 1 aromatic rings. The van der Waals surface area contributed by atoms with E-state index in [9.17, 15) is 8.78 Å². The first-order valence-electron chi connectivity index (χ1n) is 6.59. The van der Waals surface area contributed by atoms with Crippen molar-refractivity contribution in [3.05, 3.63) is 34.4 Å². The Balaban J connectivity index is 2.28. The molecule has 1 aromatic carbocycles. The monoisotopic (exact) mass is 253 g/mol. The van der Waals surface area contributed by atoms with Crippen molar-refractivity contribution >= 4 is 0 Å². The van der Waals surface area contributed by atoms with Crippen molar-refractivity contribution in [3.63, 3.8) is 0 Å². The van der Waals surface area contributed by atoms with Crippen LogP contribution in [0, 0.1) is 20.8 Å². The Morgan fingerprint density at radius 3 is 2.33 bits per heavy atom. The molecule has 1 heterocycles. The highest BCUT2D eigenvalue weighted by atomic mass is 19.3. The lowest BCUT2D eigenvalue weighted by Crippen LogP contribution is -2.30. The molecule has 1 saturated heterocycles. The van der Waals surface area contributed by atoms with Gasteiger partial charge in [-0.3, -0.25) is 0 Å². The van der Waals surface area contributed by atoms with Gasteiger partial charge in [0.25, 0.3) is 5.92 Å². The van der Waals surface area contributed by atoms with Gasteiger partial charge in [0.2, 0.25) is 0 Å². The van der Waals surface area contributed by atoms with E-state index in [1.807, 2.05) is 19.1 Å². The van der Waals surface area contributed by atoms with Gasteiger partial charge in [0.15, 0.2) is 0 Å². The highest BCUT2D eigenvalue weighted by Crippen LogP contribution is 2.38. The lowest BCUT2D eigenvalue weighted by molar-refractivity contribution is -0.0224. The first kappa shape index (κ1) is 13.5. The maximum atomic E-state index is 14.4. The fraction of sp³-hybridized carbons (Fsp3) is 0.600. The van der Waals surface area contributed by atoms with Gasteiger partial charge in [-0.1, -0.05) is 17.7 Å². The van der Waals surface area contributed by atoms with E-state index >= 15 is 0 Å². The largest absolute Gasteiger partial charge is 0.314 e. The number of rotatable bonds is 3. The minimum atomic E-state index is -2.73. The molecule has 1 fully saturated rings. The number of alkyl halides is 2. The van der Waals surface area contributed by atoms with Crippen LogP contribution in [0.1, 0.15) is 41.5 Å². The summed E-state index contributed by atoms with van der Waals surface area (Å²) in [4.78, 5) is 0. The zero-order chi connectivity index (χ0) is 13.3. The van der Waals surface area contributed by atoms with E-state index in [2.05, 4.69) is 5.32 Å². The van der Waals surface area contributed by atoms with Crippen LogP contribution < -0.4 is 5.32 Å². The molecule has 18 heavy (non-hydrogen) atoms. The highest BCUT2D eigenvalue weighted by Gasteiger charge is 2.38. The van der Waals surface area contributed by atoms with E-state index in [4.69, 9.17) is 0 Å². The molecule has 1 atom stereocenters. The predicted octanol–water partition coefficient (Wildman–Crippen LogP) is 3.85. The number of nitrogens with one attached hydrogen (secondary N) is 1. The van der Waals surface area contributed by atoms with Gasteiger partial charge in [-0.2, -0.15) is 0 Å². The Kier molecular flexibility index (Phi) is 3.71. The van der Waals surface area contributed by atoms with E-state index in [0.29, 0.717) is 11.1 Å².